The molecule has 4 aromatic rings. The first-order valence-electron chi connectivity index (χ1n) is 8.76. The number of aromatic nitrogens is 2. The van der Waals surface area contributed by atoms with Gasteiger partial charge < -0.3 is 14.9 Å². The third-order valence-electron chi connectivity index (χ3n) is 4.79. The Morgan fingerprint density at radius 3 is 2.64 bits per heavy atom. The number of nitrogens with two attached hydrogens (primary N) is 1. The number of hydrazine groups is 1. The summed E-state index contributed by atoms with van der Waals surface area (Å²) < 4.78 is 12.4. The molecule has 0 aliphatic heterocycles. The van der Waals surface area contributed by atoms with Crippen molar-refractivity contribution in [3.63, 3.8) is 0 Å². The first-order valence-corrected chi connectivity index (χ1v) is 8.76. The minimum atomic E-state index is -0.302. The number of nitrogen functional groups attached to an aromatic ring is 1. The molecule has 0 saturated heterocycles. The molecule has 0 aliphatic carbocycles. The summed E-state index contributed by atoms with van der Waals surface area (Å²) in [6, 6.07) is 17.3. The van der Waals surface area contributed by atoms with Gasteiger partial charge in [0, 0.05) is 17.0 Å². The molecule has 3 N–H and O–H groups in total. The highest BCUT2D eigenvalue weighted by atomic mass is 16.5. The van der Waals surface area contributed by atoms with Gasteiger partial charge in [-0.1, -0.05) is 30.3 Å². The van der Waals surface area contributed by atoms with Crippen LogP contribution in [0.2, 0.25) is 0 Å². The predicted octanol–water partition coefficient (Wildman–Crippen LogP) is 2.90. The first kappa shape index (κ1) is 17.8. The van der Waals surface area contributed by atoms with E-state index in [0.29, 0.717) is 23.6 Å². The molecule has 0 radical (unpaired) electrons. The van der Waals surface area contributed by atoms with Gasteiger partial charge in [0.1, 0.15) is 11.5 Å². The third kappa shape index (κ3) is 2.91. The van der Waals surface area contributed by atoms with Crippen LogP contribution in [-0.2, 0) is 6.54 Å². The maximum absolute atomic E-state index is 13.1. The van der Waals surface area contributed by atoms with E-state index >= 15 is 0 Å². The Hall–Kier alpha value is -3.58. The van der Waals surface area contributed by atoms with Gasteiger partial charge >= 0.3 is 0 Å². The van der Waals surface area contributed by atoms with Crippen LogP contribution >= 0.6 is 0 Å². The molecule has 0 spiro atoms. The molecule has 0 saturated carbocycles. The van der Waals surface area contributed by atoms with Crippen LogP contribution in [0.3, 0.4) is 0 Å². The molecule has 1 heterocycles. The fourth-order valence-electron chi connectivity index (χ4n) is 3.41. The molecule has 7 heteroatoms. The molecule has 0 fully saturated rings. The number of hydrogen-bond donors (Lipinski definition) is 2. The van der Waals surface area contributed by atoms with Crippen molar-refractivity contribution in [1.29, 1.82) is 0 Å². The summed E-state index contributed by atoms with van der Waals surface area (Å²) in [5.41, 5.74) is 4.38. The van der Waals surface area contributed by atoms with E-state index in [0.717, 1.165) is 21.9 Å². The first-order chi connectivity index (χ1) is 13.7. The quantitative estimate of drug-likeness (QED) is 0.316. The lowest BCUT2D eigenvalue weighted by Crippen LogP contribution is -2.28. The lowest BCUT2D eigenvalue weighted by atomic mass is 10.1. The number of benzene rings is 3. The molecular formula is C21H20N4O3. The predicted molar refractivity (Wildman–Crippen MR) is 110 cm³/mol. The van der Waals surface area contributed by atoms with Crippen LogP contribution in [0, 0.1) is 0 Å². The van der Waals surface area contributed by atoms with Gasteiger partial charge in [0.15, 0.2) is 0 Å². The monoisotopic (exact) mass is 376 g/mol. The highest BCUT2D eigenvalue weighted by molar-refractivity contribution is 6.04. The molecule has 1 aromatic heterocycles. The Kier molecular flexibility index (Phi) is 4.58. The zero-order valence-electron chi connectivity index (χ0n) is 15.6. The van der Waals surface area contributed by atoms with Crippen molar-refractivity contribution >= 4 is 27.6 Å². The highest BCUT2D eigenvalue weighted by Gasteiger charge is 2.15. The standard InChI is InChI=1S/C21H20N4O3/c1-27-15-9-7-14(18(11-15)28-2)12-25-19-16-6-4-3-5-13(16)8-10-17(19)23-20(24-22)21(25)26/h3-11H,12,22H2,1-2H3,(H,23,24). The molecule has 0 bridgehead atoms. The van der Waals surface area contributed by atoms with Gasteiger partial charge in [0.05, 0.1) is 31.8 Å². The van der Waals surface area contributed by atoms with E-state index in [1.807, 2.05) is 48.5 Å². The fraction of sp³-hybridized carbons (Fsp3) is 0.143. The van der Waals surface area contributed by atoms with Crippen LogP contribution in [0.5, 0.6) is 11.5 Å². The topological polar surface area (TPSA) is 91.4 Å². The number of methoxy groups -OCH3 is 2. The van der Waals surface area contributed by atoms with E-state index in [4.69, 9.17) is 15.3 Å². The Bertz CT molecular complexity index is 1230. The Morgan fingerprint density at radius 1 is 1.07 bits per heavy atom. The molecule has 0 aliphatic rings. The van der Waals surface area contributed by atoms with Crippen LogP contribution in [0.1, 0.15) is 5.56 Å². The second-order valence-electron chi connectivity index (χ2n) is 6.33. The lowest BCUT2D eigenvalue weighted by Gasteiger charge is -2.16. The molecule has 0 atom stereocenters. The minimum Gasteiger partial charge on any atom is -0.497 e. The number of fused-ring (bicyclic) bond motifs is 3. The van der Waals surface area contributed by atoms with Crippen LogP contribution in [0.25, 0.3) is 21.8 Å². The second kappa shape index (κ2) is 7.21. The van der Waals surface area contributed by atoms with Gasteiger partial charge in [-0.15, -0.1) is 0 Å². The van der Waals surface area contributed by atoms with E-state index in [2.05, 4.69) is 10.4 Å². The lowest BCUT2D eigenvalue weighted by molar-refractivity contribution is 0.390. The largest absolute Gasteiger partial charge is 0.497 e. The van der Waals surface area contributed by atoms with Gasteiger partial charge in [0.2, 0.25) is 5.82 Å². The van der Waals surface area contributed by atoms with E-state index in [1.54, 1.807) is 24.9 Å². The van der Waals surface area contributed by atoms with Gasteiger partial charge in [-0.3, -0.25) is 9.36 Å². The van der Waals surface area contributed by atoms with Crippen molar-refractivity contribution in [3.05, 3.63) is 70.5 Å². The van der Waals surface area contributed by atoms with E-state index < -0.39 is 0 Å². The summed E-state index contributed by atoms with van der Waals surface area (Å²) in [5, 5.41) is 1.97. The molecular weight excluding hydrogens is 356 g/mol. The number of nitrogens with zero attached hydrogens (tertiary/aromatic N) is 2. The molecule has 0 unspecified atom stereocenters. The SMILES string of the molecule is COc1ccc(Cn2c(=O)c(NN)nc3ccc4ccccc4c32)c(OC)c1. The maximum atomic E-state index is 13.1. The molecule has 0 amide bonds. The van der Waals surface area contributed by atoms with Gasteiger partial charge in [-0.05, 0) is 23.6 Å². The van der Waals surface area contributed by atoms with Crippen LogP contribution < -0.4 is 26.3 Å². The summed E-state index contributed by atoms with van der Waals surface area (Å²) >= 11 is 0. The van der Waals surface area contributed by atoms with Gasteiger partial charge in [0.25, 0.3) is 5.56 Å². The van der Waals surface area contributed by atoms with E-state index in [9.17, 15) is 4.79 Å². The molecule has 28 heavy (non-hydrogen) atoms. The molecule has 142 valence electrons. The maximum Gasteiger partial charge on any atom is 0.295 e. The van der Waals surface area contributed by atoms with Crippen molar-refractivity contribution in [2.45, 2.75) is 6.54 Å². The summed E-state index contributed by atoms with van der Waals surface area (Å²) in [6.07, 6.45) is 0. The summed E-state index contributed by atoms with van der Waals surface area (Å²) in [7, 11) is 3.19. The minimum absolute atomic E-state index is 0.0928. The highest BCUT2D eigenvalue weighted by Crippen LogP contribution is 2.28. The Labute approximate surface area is 161 Å². The summed E-state index contributed by atoms with van der Waals surface area (Å²) in [5.74, 6) is 6.96. The van der Waals surface area contributed by atoms with E-state index in [-0.39, 0.29) is 11.4 Å². The van der Waals surface area contributed by atoms with Crippen molar-refractivity contribution in [2.75, 3.05) is 19.6 Å². The fourth-order valence-corrected chi connectivity index (χ4v) is 3.41. The third-order valence-corrected chi connectivity index (χ3v) is 4.79. The smallest absolute Gasteiger partial charge is 0.295 e. The normalized spacial score (nSPS) is 11.0. The van der Waals surface area contributed by atoms with Crippen molar-refractivity contribution in [2.24, 2.45) is 5.84 Å². The number of nitrogens with one attached hydrogen (secondary N) is 1. The summed E-state index contributed by atoms with van der Waals surface area (Å²) in [4.78, 5) is 17.5. The van der Waals surface area contributed by atoms with Crippen LogP contribution in [0.15, 0.2) is 59.4 Å². The number of anilines is 1. The molecule has 7 nitrogen and oxygen atoms in total. The number of rotatable bonds is 5. The zero-order chi connectivity index (χ0) is 19.7. The second-order valence-corrected chi connectivity index (χ2v) is 6.33. The van der Waals surface area contributed by atoms with Crippen molar-refractivity contribution < 1.29 is 9.47 Å². The summed E-state index contributed by atoms with van der Waals surface area (Å²) in [6.45, 7) is 0.299. The average molecular weight is 376 g/mol. The Balaban J connectivity index is 2.01. The van der Waals surface area contributed by atoms with Gasteiger partial charge in [-0.2, -0.15) is 0 Å². The van der Waals surface area contributed by atoms with Crippen molar-refractivity contribution in [3.8, 4) is 11.5 Å². The van der Waals surface area contributed by atoms with Crippen LogP contribution in [0.4, 0.5) is 5.82 Å². The van der Waals surface area contributed by atoms with Crippen molar-refractivity contribution in [1.82, 2.24) is 9.55 Å². The molecule has 3 aromatic carbocycles. The zero-order valence-corrected chi connectivity index (χ0v) is 15.6. The number of hydrogen-bond acceptors (Lipinski definition) is 6. The average Bonchev–Trinajstić information content (AvgIpc) is 2.75. The Morgan fingerprint density at radius 2 is 1.89 bits per heavy atom. The number of ether oxygens (including phenoxy) is 2. The van der Waals surface area contributed by atoms with E-state index in [1.165, 1.54) is 0 Å². The van der Waals surface area contributed by atoms with Crippen LogP contribution in [-0.4, -0.2) is 23.8 Å². The van der Waals surface area contributed by atoms with Gasteiger partial charge in [-0.25, -0.2) is 10.8 Å². The molecule has 4 rings (SSSR count).